The molecule has 1 aromatic carbocycles. The summed E-state index contributed by atoms with van der Waals surface area (Å²) in [5.74, 6) is 0.669. The minimum absolute atomic E-state index is 0.142. The molecular weight excluding hydrogens is 302 g/mol. The molecular formula is C19H21N3O2. The second-order valence-electron chi connectivity index (χ2n) is 5.90. The van der Waals surface area contributed by atoms with Crippen LogP contribution in [0.5, 0.6) is 5.75 Å². The first-order valence-corrected chi connectivity index (χ1v) is 7.97. The highest BCUT2D eigenvalue weighted by Gasteiger charge is 2.16. The van der Waals surface area contributed by atoms with Crippen molar-refractivity contribution in [2.75, 3.05) is 13.2 Å². The summed E-state index contributed by atoms with van der Waals surface area (Å²) >= 11 is 0. The van der Waals surface area contributed by atoms with Gasteiger partial charge in [0, 0.05) is 6.20 Å². The third-order valence-electron chi connectivity index (χ3n) is 3.82. The van der Waals surface area contributed by atoms with Crippen LogP contribution in [0.15, 0.2) is 42.6 Å². The SMILES string of the molecule is Cc1cccc(OCCNC(=O)c2c(C)nc3cc(C)ccn23)c1. The highest BCUT2D eigenvalue weighted by atomic mass is 16.5. The van der Waals surface area contributed by atoms with Gasteiger partial charge in [0.05, 0.1) is 12.2 Å². The number of hydrogen-bond donors (Lipinski definition) is 1. The van der Waals surface area contributed by atoms with Gasteiger partial charge in [-0.05, 0) is 56.2 Å². The summed E-state index contributed by atoms with van der Waals surface area (Å²) in [7, 11) is 0. The lowest BCUT2D eigenvalue weighted by Gasteiger charge is -2.09. The van der Waals surface area contributed by atoms with Crippen LogP contribution < -0.4 is 10.1 Å². The van der Waals surface area contributed by atoms with Crippen molar-refractivity contribution in [3.8, 4) is 5.75 Å². The number of hydrogen-bond acceptors (Lipinski definition) is 3. The Labute approximate surface area is 141 Å². The summed E-state index contributed by atoms with van der Waals surface area (Å²) in [5, 5.41) is 2.89. The minimum atomic E-state index is -0.142. The fourth-order valence-electron chi connectivity index (χ4n) is 2.66. The molecule has 3 rings (SSSR count). The molecule has 0 radical (unpaired) electrons. The van der Waals surface area contributed by atoms with Gasteiger partial charge in [-0.1, -0.05) is 12.1 Å². The molecule has 5 nitrogen and oxygen atoms in total. The molecule has 0 saturated carbocycles. The number of imidazole rings is 1. The van der Waals surface area contributed by atoms with Gasteiger partial charge in [0.15, 0.2) is 0 Å². The van der Waals surface area contributed by atoms with Crippen molar-refractivity contribution in [2.24, 2.45) is 0 Å². The highest BCUT2D eigenvalue weighted by molar-refractivity contribution is 5.94. The largest absolute Gasteiger partial charge is 0.492 e. The van der Waals surface area contributed by atoms with Gasteiger partial charge in [0.1, 0.15) is 23.7 Å². The van der Waals surface area contributed by atoms with Crippen LogP contribution in [0, 0.1) is 20.8 Å². The van der Waals surface area contributed by atoms with Crippen LogP contribution >= 0.6 is 0 Å². The van der Waals surface area contributed by atoms with Gasteiger partial charge in [-0.25, -0.2) is 4.98 Å². The molecule has 1 amide bonds. The van der Waals surface area contributed by atoms with E-state index in [-0.39, 0.29) is 5.91 Å². The topological polar surface area (TPSA) is 55.6 Å². The van der Waals surface area contributed by atoms with Gasteiger partial charge in [0.25, 0.3) is 5.91 Å². The van der Waals surface area contributed by atoms with E-state index in [2.05, 4.69) is 10.3 Å². The number of amides is 1. The predicted octanol–water partition coefficient (Wildman–Crippen LogP) is 3.07. The average molecular weight is 323 g/mol. The number of pyridine rings is 1. The lowest BCUT2D eigenvalue weighted by atomic mass is 10.2. The van der Waals surface area contributed by atoms with Crippen LogP contribution in [0.1, 0.15) is 27.3 Å². The van der Waals surface area contributed by atoms with E-state index in [4.69, 9.17) is 4.74 Å². The van der Waals surface area contributed by atoms with Gasteiger partial charge < -0.3 is 10.1 Å². The van der Waals surface area contributed by atoms with Crippen LogP contribution in [0.2, 0.25) is 0 Å². The Morgan fingerprint density at radius 3 is 2.75 bits per heavy atom. The van der Waals surface area contributed by atoms with Crippen molar-refractivity contribution in [1.82, 2.24) is 14.7 Å². The Kier molecular flexibility index (Phi) is 4.51. The van der Waals surface area contributed by atoms with Crippen LogP contribution in [0.25, 0.3) is 5.65 Å². The van der Waals surface area contributed by atoms with Gasteiger partial charge in [-0.3, -0.25) is 9.20 Å². The van der Waals surface area contributed by atoms with Crippen LogP contribution in [0.3, 0.4) is 0 Å². The maximum atomic E-state index is 12.5. The zero-order valence-corrected chi connectivity index (χ0v) is 14.2. The lowest BCUT2D eigenvalue weighted by molar-refractivity contribution is 0.0940. The number of ether oxygens (including phenoxy) is 1. The number of nitrogens with one attached hydrogen (secondary N) is 1. The third kappa shape index (κ3) is 3.40. The maximum Gasteiger partial charge on any atom is 0.270 e. The fourth-order valence-corrected chi connectivity index (χ4v) is 2.66. The number of carbonyl (C=O) groups is 1. The Balaban J connectivity index is 1.62. The number of aryl methyl sites for hydroxylation is 3. The normalized spacial score (nSPS) is 10.8. The average Bonchev–Trinajstić information content (AvgIpc) is 2.86. The van der Waals surface area contributed by atoms with E-state index in [1.54, 1.807) is 0 Å². The van der Waals surface area contributed by atoms with Gasteiger partial charge in [0.2, 0.25) is 0 Å². The lowest BCUT2D eigenvalue weighted by Crippen LogP contribution is -2.29. The second kappa shape index (κ2) is 6.74. The minimum Gasteiger partial charge on any atom is -0.492 e. The van der Waals surface area contributed by atoms with Crippen molar-refractivity contribution >= 4 is 11.6 Å². The molecule has 0 atom stereocenters. The molecule has 0 aliphatic heterocycles. The zero-order valence-electron chi connectivity index (χ0n) is 14.2. The molecule has 0 saturated heterocycles. The maximum absolute atomic E-state index is 12.5. The molecule has 0 aliphatic rings. The molecule has 0 aliphatic carbocycles. The number of fused-ring (bicyclic) bond motifs is 1. The summed E-state index contributed by atoms with van der Waals surface area (Å²) in [5.41, 5.74) is 4.34. The second-order valence-corrected chi connectivity index (χ2v) is 5.90. The molecule has 0 fully saturated rings. The van der Waals surface area contributed by atoms with Crippen molar-refractivity contribution in [3.63, 3.8) is 0 Å². The third-order valence-corrected chi connectivity index (χ3v) is 3.82. The van der Waals surface area contributed by atoms with Crippen molar-refractivity contribution in [3.05, 3.63) is 65.1 Å². The number of carbonyl (C=O) groups excluding carboxylic acids is 1. The first kappa shape index (κ1) is 16.1. The molecule has 24 heavy (non-hydrogen) atoms. The molecule has 0 unspecified atom stereocenters. The summed E-state index contributed by atoms with van der Waals surface area (Å²) in [6.07, 6.45) is 1.88. The first-order valence-electron chi connectivity index (χ1n) is 7.97. The monoisotopic (exact) mass is 323 g/mol. The number of rotatable bonds is 5. The van der Waals surface area contributed by atoms with E-state index < -0.39 is 0 Å². The van der Waals surface area contributed by atoms with Gasteiger partial charge in [-0.2, -0.15) is 0 Å². The summed E-state index contributed by atoms with van der Waals surface area (Å²) < 4.78 is 7.47. The van der Waals surface area contributed by atoms with Gasteiger partial charge >= 0.3 is 0 Å². The number of aromatic nitrogens is 2. The van der Waals surface area contributed by atoms with Crippen LogP contribution in [-0.4, -0.2) is 28.4 Å². The van der Waals surface area contributed by atoms with E-state index in [1.807, 2.05) is 67.8 Å². The van der Waals surface area contributed by atoms with E-state index in [9.17, 15) is 4.79 Å². The summed E-state index contributed by atoms with van der Waals surface area (Å²) in [6.45, 7) is 6.73. The molecule has 2 heterocycles. The fraction of sp³-hybridized carbons (Fsp3) is 0.263. The Morgan fingerprint density at radius 2 is 1.96 bits per heavy atom. The quantitative estimate of drug-likeness (QED) is 0.734. The van der Waals surface area contributed by atoms with Crippen LogP contribution in [0.4, 0.5) is 0 Å². The van der Waals surface area contributed by atoms with Crippen LogP contribution in [-0.2, 0) is 0 Å². The van der Waals surface area contributed by atoms with Crippen molar-refractivity contribution in [2.45, 2.75) is 20.8 Å². The van der Waals surface area contributed by atoms with E-state index in [1.165, 1.54) is 0 Å². The van der Waals surface area contributed by atoms with E-state index >= 15 is 0 Å². The number of benzene rings is 1. The molecule has 124 valence electrons. The number of nitrogens with zero attached hydrogens (tertiary/aromatic N) is 2. The molecule has 0 bridgehead atoms. The van der Waals surface area contributed by atoms with Crippen molar-refractivity contribution < 1.29 is 9.53 Å². The molecule has 0 spiro atoms. The summed E-state index contributed by atoms with van der Waals surface area (Å²) in [6, 6.07) is 11.8. The molecule has 3 aromatic rings. The molecule has 5 heteroatoms. The summed E-state index contributed by atoms with van der Waals surface area (Å²) in [4.78, 5) is 16.9. The zero-order chi connectivity index (χ0) is 17.1. The van der Waals surface area contributed by atoms with E-state index in [0.29, 0.717) is 18.8 Å². The molecule has 1 N–H and O–H groups in total. The Morgan fingerprint density at radius 1 is 1.17 bits per heavy atom. The Bertz CT molecular complexity index is 883. The van der Waals surface area contributed by atoms with E-state index in [0.717, 1.165) is 28.2 Å². The highest BCUT2D eigenvalue weighted by Crippen LogP contribution is 2.14. The smallest absolute Gasteiger partial charge is 0.270 e. The molecule has 2 aromatic heterocycles. The van der Waals surface area contributed by atoms with Gasteiger partial charge in [-0.15, -0.1) is 0 Å². The predicted molar refractivity (Wildman–Crippen MR) is 93.7 cm³/mol. The first-order chi connectivity index (χ1) is 11.5. The van der Waals surface area contributed by atoms with Crippen molar-refractivity contribution in [1.29, 1.82) is 0 Å². The Hall–Kier alpha value is -2.82. The standard InChI is InChI=1S/C19H21N3O2/c1-13-5-4-6-16(11-13)24-10-8-20-19(23)18-15(3)21-17-12-14(2)7-9-22(17)18/h4-7,9,11-12H,8,10H2,1-3H3,(H,20,23).